The summed E-state index contributed by atoms with van der Waals surface area (Å²) >= 11 is 0. The Morgan fingerprint density at radius 3 is 1.93 bits per heavy atom. The van der Waals surface area contributed by atoms with Gasteiger partial charge in [0.15, 0.2) is 11.6 Å². The molecule has 3 aliphatic rings. The maximum atomic E-state index is 13.7. The molecule has 6 aromatic heterocycles. The Kier molecular flexibility index (Phi) is 13.1. The molecule has 0 unspecified atom stereocenters. The number of esters is 1. The lowest BCUT2D eigenvalue weighted by Gasteiger charge is -2.27. The molecule has 2 fully saturated rings. The van der Waals surface area contributed by atoms with Crippen LogP contribution in [0, 0.1) is 12.8 Å². The van der Waals surface area contributed by atoms with Crippen LogP contribution in [0.4, 0.5) is 28.7 Å². The van der Waals surface area contributed by atoms with Crippen molar-refractivity contribution in [2.24, 2.45) is 41.2 Å². The summed E-state index contributed by atoms with van der Waals surface area (Å²) in [6.45, 7) is 3.58. The van der Waals surface area contributed by atoms with E-state index in [0.717, 1.165) is 0 Å². The fraction of sp³-hybridized carbons (Fsp3) is 0.300. The number of allylic oxidation sites excluding steroid dienone is 2. The maximum absolute atomic E-state index is 13.7. The van der Waals surface area contributed by atoms with Gasteiger partial charge in [-0.1, -0.05) is 0 Å². The second-order valence-electron chi connectivity index (χ2n) is 18.7. The van der Waals surface area contributed by atoms with E-state index in [1.807, 2.05) is 0 Å². The number of fused-ring (bicyclic) bond motifs is 1. The van der Waals surface area contributed by atoms with Crippen molar-refractivity contribution in [3.8, 4) is 0 Å². The van der Waals surface area contributed by atoms with Crippen molar-refractivity contribution in [1.82, 2.24) is 48.0 Å². The first-order valence-electron chi connectivity index (χ1n) is 23.6. The molecule has 1 saturated heterocycles. The minimum absolute atomic E-state index is 0.0123. The van der Waals surface area contributed by atoms with Crippen molar-refractivity contribution in [2.75, 3.05) is 46.8 Å². The molecule has 0 aromatic carbocycles. The highest BCUT2D eigenvalue weighted by molar-refractivity contribution is 6.12. The average Bonchev–Trinajstić information content (AvgIpc) is 4.22. The fourth-order valence-corrected chi connectivity index (χ4v) is 9.83. The van der Waals surface area contributed by atoms with Crippen LogP contribution >= 0.6 is 0 Å². The summed E-state index contributed by atoms with van der Waals surface area (Å²) in [5.74, 6) is -3.52. The van der Waals surface area contributed by atoms with E-state index < -0.39 is 40.9 Å². The van der Waals surface area contributed by atoms with Gasteiger partial charge < -0.3 is 69.4 Å². The van der Waals surface area contributed by atoms with Gasteiger partial charge in [0.05, 0.1) is 35.4 Å². The van der Waals surface area contributed by atoms with Crippen LogP contribution in [-0.4, -0.2) is 116 Å². The quantitative estimate of drug-likeness (QED) is 0.0417. The smallest absolute Gasteiger partial charge is 0.340 e. The van der Waals surface area contributed by atoms with Gasteiger partial charge in [-0.15, -0.1) is 0 Å². The number of piperidine rings is 1. The van der Waals surface area contributed by atoms with Crippen LogP contribution in [0.5, 0.6) is 0 Å². The van der Waals surface area contributed by atoms with E-state index in [9.17, 15) is 43.2 Å². The highest BCUT2D eigenvalue weighted by Gasteiger charge is 2.68. The third kappa shape index (κ3) is 9.64. The van der Waals surface area contributed by atoms with Gasteiger partial charge in [0.1, 0.15) is 11.4 Å². The number of aromatic amines is 1. The molecule has 7 N–H and O–H groups in total. The van der Waals surface area contributed by atoms with Crippen molar-refractivity contribution < 1.29 is 47.9 Å². The number of nitrogens with zero attached hydrogens (tertiary/aromatic N) is 8. The molecule has 7 heterocycles. The van der Waals surface area contributed by atoms with Gasteiger partial charge in [0.2, 0.25) is 29.2 Å². The van der Waals surface area contributed by atoms with E-state index in [4.69, 9.17) is 4.74 Å². The van der Waals surface area contributed by atoms with Gasteiger partial charge in [-0.3, -0.25) is 38.4 Å². The number of nitrogens with one attached hydrogen (secondary N) is 7. The summed E-state index contributed by atoms with van der Waals surface area (Å²) in [7, 11) is 9.52. The lowest BCUT2D eigenvalue weighted by atomic mass is 9.82. The number of anilines is 5. The molecule has 1 aliphatic heterocycles. The summed E-state index contributed by atoms with van der Waals surface area (Å²) < 4.78 is 12.7. The van der Waals surface area contributed by atoms with Crippen molar-refractivity contribution in [1.29, 1.82) is 0 Å². The largest absolute Gasteiger partial charge is 0.465 e. The number of ketones is 1. The molecular weight excluding hydrogens is 971 g/mol. The van der Waals surface area contributed by atoms with Crippen molar-refractivity contribution in [3.63, 3.8) is 0 Å². The molecule has 6 aromatic rings. The molecule has 1 saturated carbocycles. The molecule has 9 rings (SSSR count). The van der Waals surface area contributed by atoms with E-state index in [1.165, 1.54) is 69.0 Å². The molecule has 2 atom stereocenters. The maximum Gasteiger partial charge on any atom is 0.340 e. The van der Waals surface area contributed by atoms with E-state index >= 15 is 0 Å². The first-order chi connectivity index (χ1) is 35.6. The number of aryl methyl sites for hydroxylation is 6. The fourth-order valence-electron chi connectivity index (χ4n) is 9.83. The third-order valence-electron chi connectivity index (χ3n) is 13.3. The van der Waals surface area contributed by atoms with Crippen molar-refractivity contribution in [2.45, 2.75) is 38.5 Å². The number of amides is 7. The second-order valence-corrected chi connectivity index (χ2v) is 18.7. The Morgan fingerprint density at radius 1 is 0.747 bits per heavy atom. The summed E-state index contributed by atoms with van der Waals surface area (Å²) in [6.07, 6.45) is 13.3. The number of likely N-dealkylation sites (tertiary alicyclic amines) is 1. The number of aromatic nitrogens is 8. The molecule has 75 heavy (non-hydrogen) atoms. The standard InChI is InChI=1S/C50H53N15O10/c1-25-40(49(74)75-8)41-42(52-25)34(67)17-35-50(41)18-27(50)19-65(35)39(69)12-11-31-14-28(20-60(31)3)55-47(72)44-59-37(24-64(44)7)57-38(68)10-9-13-51-45(70)32-15-29(21-61(32)4)54-46(71)33-16-30(22-62(33)5)56-48(73)43-58-36(23-63(43)6)53-26(2)66/h11-12,14-17,20-24,27,52H,9-10,13,18-19H2,1-8H3,(H,51,70)(H,53,66)(H,54,71)(H,55,72)(H,56,73)(H,57,68)/b12-11+/t27-,50+/m1/s1. The van der Waals surface area contributed by atoms with E-state index in [-0.39, 0.29) is 77.6 Å². The van der Waals surface area contributed by atoms with Crippen LogP contribution in [0.25, 0.3) is 6.08 Å². The lowest BCUT2D eigenvalue weighted by molar-refractivity contribution is -0.124. The number of rotatable bonds is 16. The highest BCUT2D eigenvalue weighted by Crippen LogP contribution is 2.67. The van der Waals surface area contributed by atoms with Gasteiger partial charge in [0.25, 0.3) is 29.5 Å². The summed E-state index contributed by atoms with van der Waals surface area (Å²) in [4.78, 5) is 130. The molecule has 0 bridgehead atoms. The van der Waals surface area contributed by atoms with Crippen LogP contribution < -0.4 is 31.9 Å². The number of hydrogen-bond acceptors (Lipinski definition) is 12. The number of hydrogen-bond donors (Lipinski definition) is 7. The Labute approximate surface area is 427 Å². The van der Waals surface area contributed by atoms with Crippen LogP contribution in [0.1, 0.15) is 106 Å². The van der Waals surface area contributed by atoms with Gasteiger partial charge in [-0.25, -0.2) is 14.8 Å². The Hall–Kier alpha value is -9.55. The van der Waals surface area contributed by atoms with Crippen molar-refractivity contribution in [3.05, 3.63) is 118 Å². The zero-order valence-electron chi connectivity index (χ0n) is 42.1. The minimum atomic E-state index is -0.617. The normalized spacial score (nSPS) is 16.2. The Bertz CT molecular complexity index is 3500. The lowest BCUT2D eigenvalue weighted by Crippen LogP contribution is -2.33. The number of ether oxygens (including phenoxy) is 1. The number of carbonyl (C=O) groups excluding carboxylic acids is 9. The summed E-state index contributed by atoms with van der Waals surface area (Å²) in [5, 5.41) is 16.2. The topological polar surface area (TPSA) is 305 Å². The van der Waals surface area contributed by atoms with Crippen LogP contribution in [-0.2, 0) is 59.8 Å². The van der Waals surface area contributed by atoms with Crippen molar-refractivity contribution >= 4 is 87.9 Å². The zero-order valence-corrected chi connectivity index (χ0v) is 42.1. The van der Waals surface area contributed by atoms with Gasteiger partial charge in [0, 0.05) is 133 Å². The number of carbonyl (C=O) groups is 9. The second kappa shape index (κ2) is 19.5. The minimum Gasteiger partial charge on any atom is -0.465 e. The van der Waals surface area contributed by atoms with Crippen LogP contribution in [0.2, 0.25) is 0 Å². The molecule has 7 amide bonds. The average molecular weight is 1020 g/mol. The Balaban J connectivity index is 0.724. The Morgan fingerprint density at radius 2 is 1.32 bits per heavy atom. The molecule has 2 aliphatic carbocycles. The highest BCUT2D eigenvalue weighted by atomic mass is 16.5. The third-order valence-corrected chi connectivity index (χ3v) is 13.3. The molecular formula is C50H53N15O10. The van der Waals surface area contributed by atoms with E-state index in [0.29, 0.717) is 63.9 Å². The SMILES string of the molecule is COC(=O)c1c(C)[nH]c2c1[C@@]13C[C@@H]1CN(C(=O)/C=C/c1cc(NC(=O)c4nc(NC(=O)CCCNC(=O)c5cc(NC(=O)c6cc(NC(=O)c7nc(NC(C)=O)cn7C)cn6C)cn5C)cn4C)cn1C)C3=CC2=O. The number of methoxy groups -OCH3 is 1. The first-order valence-corrected chi connectivity index (χ1v) is 23.6. The molecule has 0 radical (unpaired) electrons. The van der Waals surface area contributed by atoms with E-state index in [2.05, 4.69) is 46.9 Å². The molecule has 388 valence electrons. The number of H-pyrrole nitrogens is 1. The monoisotopic (exact) mass is 1020 g/mol. The number of imidazole rings is 2. The molecule has 25 heteroatoms. The molecule has 25 nitrogen and oxygen atoms in total. The van der Waals surface area contributed by atoms with Gasteiger partial charge in [-0.2, -0.15) is 0 Å². The predicted octanol–water partition coefficient (Wildman–Crippen LogP) is 3.35. The van der Waals surface area contributed by atoms with Crippen LogP contribution in [0.15, 0.2) is 67.0 Å². The van der Waals surface area contributed by atoms with Gasteiger partial charge >= 0.3 is 5.97 Å². The van der Waals surface area contributed by atoms with Gasteiger partial charge in [-0.05, 0) is 50.0 Å². The summed E-state index contributed by atoms with van der Waals surface area (Å²) in [6, 6.07) is 4.66. The first kappa shape index (κ1) is 50.4. The molecule has 1 spiro atoms. The van der Waals surface area contributed by atoms with Crippen LogP contribution in [0.3, 0.4) is 0 Å². The summed E-state index contributed by atoms with van der Waals surface area (Å²) in [5.41, 5.74) is 3.93. The van der Waals surface area contributed by atoms with E-state index in [1.54, 1.807) is 82.4 Å². The predicted molar refractivity (Wildman–Crippen MR) is 271 cm³/mol. The zero-order chi connectivity index (χ0) is 53.8.